The minimum atomic E-state index is 0.481. The molecular formula is C15H17N3O2S. The molecule has 3 rings (SSSR count). The van der Waals surface area contributed by atoms with Crippen LogP contribution in [0.4, 0.5) is 0 Å². The molecule has 21 heavy (non-hydrogen) atoms. The van der Waals surface area contributed by atoms with Gasteiger partial charge in [0.25, 0.3) is 5.17 Å². The smallest absolute Gasteiger partial charge is 0.265 e. The van der Waals surface area contributed by atoms with E-state index in [1.54, 1.807) is 0 Å². The third-order valence-corrected chi connectivity index (χ3v) is 3.86. The van der Waals surface area contributed by atoms with Crippen molar-refractivity contribution in [3.05, 3.63) is 29.6 Å². The number of fused-ring (bicyclic) bond motifs is 1. The average molecular weight is 303 g/mol. The third-order valence-electron chi connectivity index (χ3n) is 3.52. The fourth-order valence-electron chi connectivity index (χ4n) is 2.19. The maximum Gasteiger partial charge on any atom is 0.265 e. The van der Waals surface area contributed by atoms with Crippen LogP contribution in [-0.4, -0.2) is 46.3 Å². The lowest BCUT2D eigenvalue weighted by Gasteiger charge is -2.28. The highest BCUT2D eigenvalue weighted by atomic mass is 32.1. The number of aromatic nitrogens is 2. The molecule has 110 valence electrons. The summed E-state index contributed by atoms with van der Waals surface area (Å²) in [6, 6.07) is 5.66. The Hall–Kier alpha value is -1.79. The van der Waals surface area contributed by atoms with Gasteiger partial charge in [-0.3, -0.25) is 0 Å². The van der Waals surface area contributed by atoms with E-state index in [1.165, 1.54) is 0 Å². The first-order chi connectivity index (χ1) is 10.1. The van der Waals surface area contributed by atoms with Crippen molar-refractivity contribution in [2.45, 2.75) is 13.8 Å². The number of nitrogens with zero attached hydrogens (tertiary/aromatic N) is 3. The molecule has 0 amide bonds. The van der Waals surface area contributed by atoms with Gasteiger partial charge in [-0.05, 0) is 38.2 Å². The Kier molecular flexibility index (Phi) is 3.98. The minimum absolute atomic E-state index is 0.481. The second kappa shape index (κ2) is 5.91. The quantitative estimate of drug-likeness (QED) is 0.753. The molecule has 6 heteroatoms. The predicted octanol–water partition coefficient (Wildman–Crippen LogP) is 2.24. The van der Waals surface area contributed by atoms with E-state index in [9.17, 15) is 0 Å². The van der Waals surface area contributed by atoms with Crippen LogP contribution in [0.25, 0.3) is 11.0 Å². The van der Waals surface area contributed by atoms with Gasteiger partial charge in [0.1, 0.15) is 5.75 Å². The van der Waals surface area contributed by atoms with Crippen molar-refractivity contribution < 1.29 is 9.47 Å². The second-order valence-electron chi connectivity index (χ2n) is 5.01. The summed E-state index contributed by atoms with van der Waals surface area (Å²) in [5.74, 6) is 0.691. The van der Waals surface area contributed by atoms with Crippen molar-refractivity contribution in [1.29, 1.82) is 0 Å². The topological polar surface area (TPSA) is 47.5 Å². The fourth-order valence-corrected chi connectivity index (χ4v) is 2.46. The largest absolute Gasteiger partial charge is 0.432 e. The van der Waals surface area contributed by atoms with Gasteiger partial charge in [-0.25, -0.2) is 9.97 Å². The average Bonchev–Trinajstić information content (AvgIpc) is 2.49. The molecule has 0 spiro atoms. The van der Waals surface area contributed by atoms with Gasteiger partial charge in [0.05, 0.1) is 35.6 Å². The molecule has 2 heterocycles. The zero-order valence-corrected chi connectivity index (χ0v) is 12.9. The van der Waals surface area contributed by atoms with Crippen molar-refractivity contribution in [2.24, 2.45) is 0 Å². The number of hydrogen-bond donors (Lipinski definition) is 0. The maximum atomic E-state index is 5.77. The van der Waals surface area contributed by atoms with Crippen LogP contribution < -0.4 is 4.74 Å². The number of hydrogen-bond acceptors (Lipinski definition) is 5. The highest BCUT2D eigenvalue weighted by Gasteiger charge is 2.15. The fraction of sp³-hybridized carbons (Fsp3) is 0.400. The van der Waals surface area contributed by atoms with Gasteiger partial charge in [0.2, 0.25) is 0 Å². The van der Waals surface area contributed by atoms with Crippen LogP contribution >= 0.6 is 12.2 Å². The maximum absolute atomic E-state index is 5.77. The molecule has 0 saturated carbocycles. The number of morpholine rings is 1. The Morgan fingerprint density at radius 2 is 1.81 bits per heavy atom. The SMILES string of the molecule is Cc1nc2ccc(OC(=S)N3CCOCC3)cc2nc1C. The van der Waals surface area contributed by atoms with Crippen LogP contribution in [0.2, 0.25) is 0 Å². The Morgan fingerprint density at radius 3 is 2.52 bits per heavy atom. The highest BCUT2D eigenvalue weighted by molar-refractivity contribution is 7.80. The van der Waals surface area contributed by atoms with E-state index in [-0.39, 0.29) is 0 Å². The van der Waals surface area contributed by atoms with Crippen LogP contribution in [-0.2, 0) is 4.74 Å². The van der Waals surface area contributed by atoms with E-state index in [0.29, 0.717) is 24.1 Å². The van der Waals surface area contributed by atoms with E-state index in [4.69, 9.17) is 21.7 Å². The summed E-state index contributed by atoms with van der Waals surface area (Å²) in [5, 5.41) is 0.481. The molecule has 1 aromatic heterocycles. The summed E-state index contributed by atoms with van der Waals surface area (Å²) in [5.41, 5.74) is 3.55. The van der Waals surface area contributed by atoms with Gasteiger partial charge in [0, 0.05) is 19.2 Å². The van der Waals surface area contributed by atoms with Gasteiger partial charge < -0.3 is 14.4 Å². The molecule has 1 aliphatic rings. The molecular weight excluding hydrogens is 286 g/mol. The molecule has 1 fully saturated rings. The number of thiocarbonyl (C=S) groups is 1. The molecule has 5 nitrogen and oxygen atoms in total. The predicted molar refractivity (Wildman–Crippen MR) is 84.6 cm³/mol. The van der Waals surface area contributed by atoms with Crippen molar-refractivity contribution in [2.75, 3.05) is 26.3 Å². The first-order valence-electron chi connectivity index (χ1n) is 6.93. The van der Waals surface area contributed by atoms with Crippen LogP contribution in [0.3, 0.4) is 0 Å². The van der Waals surface area contributed by atoms with Gasteiger partial charge in [-0.2, -0.15) is 0 Å². The molecule has 1 aliphatic heterocycles. The van der Waals surface area contributed by atoms with Crippen molar-refractivity contribution in [3.8, 4) is 5.75 Å². The van der Waals surface area contributed by atoms with Crippen LogP contribution in [0, 0.1) is 13.8 Å². The first kappa shape index (κ1) is 14.2. The summed E-state index contributed by atoms with van der Waals surface area (Å²) < 4.78 is 11.1. The Bertz CT molecular complexity index is 684. The molecule has 0 bridgehead atoms. The van der Waals surface area contributed by atoms with E-state index >= 15 is 0 Å². The normalized spacial score (nSPS) is 15.2. The molecule has 2 aromatic rings. The molecule has 0 N–H and O–H groups in total. The number of ether oxygens (including phenoxy) is 2. The molecule has 0 unspecified atom stereocenters. The lowest BCUT2D eigenvalue weighted by atomic mass is 10.2. The van der Waals surface area contributed by atoms with Crippen molar-refractivity contribution in [1.82, 2.24) is 14.9 Å². The van der Waals surface area contributed by atoms with Crippen molar-refractivity contribution >= 4 is 28.4 Å². The summed E-state index contributed by atoms with van der Waals surface area (Å²) in [4.78, 5) is 11.1. The Morgan fingerprint density at radius 1 is 1.14 bits per heavy atom. The molecule has 1 saturated heterocycles. The van der Waals surface area contributed by atoms with E-state index in [1.807, 2.05) is 36.9 Å². The summed E-state index contributed by atoms with van der Waals surface area (Å²) >= 11 is 5.34. The molecule has 0 radical (unpaired) electrons. The van der Waals surface area contributed by atoms with Gasteiger partial charge >= 0.3 is 0 Å². The Balaban J connectivity index is 1.80. The molecule has 0 atom stereocenters. The monoisotopic (exact) mass is 303 g/mol. The summed E-state index contributed by atoms with van der Waals surface area (Å²) in [6.07, 6.45) is 0. The van der Waals surface area contributed by atoms with E-state index in [2.05, 4.69) is 9.97 Å². The summed E-state index contributed by atoms with van der Waals surface area (Å²) in [6.45, 7) is 6.82. The van der Waals surface area contributed by atoms with Crippen LogP contribution in [0.15, 0.2) is 18.2 Å². The van der Waals surface area contributed by atoms with Crippen molar-refractivity contribution in [3.63, 3.8) is 0 Å². The van der Waals surface area contributed by atoms with Crippen LogP contribution in [0.5, 0.6) is 5.75 Å². The lowest BCUT2D eigenvalue weighted by molar-refractivity contribution is 0.0631. The second-order valence-corrected chi connectivity index (χ2v) is 5.36. The first-order valence-corrected chi connectivity index (χ1v) is 7.34. The minimum Gasteiger partial charge on any atom is -0.432 e. The van der Waals surface area contributed by atoms with Gasteiger partial charge in [-0.15, -0.1) is 0 Å². The molecule has 0 aliphatic carbocycles. The van der Waals surface area contributed by atoms with Gasteiger partial charge in [-0.1, -0.05) is 0 Å². The number of benzene rings is 1. The van der Waals surface area contributed by atoms with Gasteiger partial charge in [0.15, 0.2) is 0 Å². The third kappa shape index (κ3) is 3.11. The van der Waals surface area contributed by atoms with E-state index < -0.39 is 0 Å². The van der Waals surface area contributed by atoms with E-state index in [0.717, 1.165) is 35.5 Å². The highest BCUT2D eigenvalue weighted by Crippen LogP contribution is 2.20. The Labute approximate surface area is 128 Å². The lowest BCUT2D eigenvalue weighted by Crippen LogP contribution is -2.42. The zero-order valence-electron chi connectivity index (χ0n) is 12.1. The molecule has 1 aromatic carbocycles. The standard InChI is InChI=1S/C15H17N3O2S/c1-10-11(2)17-14-9-12(3-4-13(14)16-10)20-15(21)18-5-7-19-8-6-18/h3-4,9H,5-8H2,1-2H3. The number of rotatable bonds is 1. The van der Waals surface area contributed by atoms with Crippen LogP contribution in [0.1, 0.15) is 11.4 Å². The summed E-state index contributed by atoms with van der Waals surface area (Å²) in [7, 11) is 0. The zero-order chi connectivity index (χ0) is 14.8. The number of aryl methyl sites for hydroxylation is 2.